The first-order valence-corrected chi connectivity index (χ1v) is 16.8. The van der Waals surface area contributed by atoms with Crippen molar-refractivity contribution in [3.8, 4) is 22.8 Å². The summed E-state index contributed by atoms with van der Waals surface area (Å²) in [4.78, 5) is 85.5. The predicted octanol–water partition coefficient (Wildman–Crippen LogP) is 1.19. The number of carbonyl (C=O) groups is 6. The number of carboxylic acids is 1. The Hall–Kier alpha value is -6.17. The van der Waals surface area contributed by atoms with Gasteiger partial charge in [-0.15, -0.1) is 16.9 Å². The summed E-state index contributed by atoms with van der Waals surface area (Å²) in [5, 5.41) is 26.6. The lowest BCUT2D eigenvalue weighted by Gasteiger charge is -2.49. The number of nitrogens with one attached hydrogen (secondary N) is 1. The van der Waals surface area contributed by atoms with Gasteiger partial charge in [0.1, 0.15) is 35.3 Å². The number of nitrogen functional groups attached to an aromatic ring is 1. The van der Waals surface area contributed by atoms with Crippen LogP contribution in [0.2, 0.25) is 0 Å². The first kappa shape index (κ1) is 37.1. The normalized spacial score (nSPS) is 16.5. The number of fused-ring (bicyclic) bond motifs is 1. The standard InChI is InChI=1S/C28H27N9O13S2/c1-4-45-27(43)48-15-7-6-13(17(14-9-47-25(29)31-14)20(15)49-28(44)46-5-2)24(42)50-30-8-16(38)32-18-21(39)37-19(23(40)41)12(10-51-22(18)37)11-52-26-33-34-35-36(26)3/h6-9,18,22H,4-5,10-11H2,1-3H3,(H2,29,31)(H,32,38)(H,40,41)/t18-,22+/m1/s1. The third-order valence-corrected chi connectivity index (χ3v) is 9.27. The molecular formula is C28H27N9O13S2. The third kappa shape index (κ3) is 8.07. The number of oxazole rings is 1. The number of aromatic nitrogens is 5. The number of nitrogens with zero attached hydrogens (tertiary/aromatic N) is 7. The highest BCUT2D eigenvalue weighted by molar-refractivity contribution is 8.01. The highest BCUT2D eigenvalue weighted by Gasteiger charge is 2.54. The molecular weight excluding hydrogens is 734 g/mol. The lowest BCUT2D eigenvalue weighted by molar-refractivity contribution is -0.150. The van der Waals surface area contributed by atoms with Gasteiger partial charge in [0.2, 0.25) is 5.16 Å². The zero-order valence-corrected chi connectivity index (χ0v) is 28.8. The number of carbonyl (C=O) groups excluding carboxylic acids is 5. The van der Waals surface area contributed by atoms with Crippen molar-refractivity contribution in [3.63, 3.8) is 0 Å². The molecule has 4 N–H and O–H groups in total. The molecule has 0 bridgehead atoms. The summed E-state index contributed by atoms with van der Waals surface area (Å²) in [5.74, 6) is -4.62. The number of nitrogens with two attached hydrogens (primary N) is 1. The molecule has 3 aromatic rings. The van der Waals surface area contributed by atoms with E-state index in [4.69, 9.17) is 33.9 Å². The molecule has 24 heteroatoms. The van der Waals surface area contributed by atoms with Gasteiger partial charge in [0.05, 0.1) is 24.3 Å². The summed E-state index contributed by atoms with van der Waals surface area (Å²) in [6.07, 6.45) is -0.823. The van der Waals surface area contributed by atoms with Crippen LogP contribution in [-0.4, -0.2) is 114 Å². The number of hydrogen-bond acceptors (Lipinski definition) is 20. The average molecular weight is 762 g/mol. The van der Waals surface area contributed by atoms with Crippen LogP contribution in [0.25, 0.3) is 11.3 Å². The molecule has 4 heterocycles. The summed E-state index contributed by atoms with van der Waals surface area (Å²) in [6.45, 7) is 2.89. The van der Waals surface area contributed by atoms with Crippen LogP contribution in [0.4, 0.5) is 15.6 Å². The van der Waals surface area contributed by atoms with Gasteiger partial charge in [0.15, 0.2) is 11.5 Å². The average Bonchev–Trinajstić information content (AvgIpc) is 3.73. The highest BCUT2D eigenvalue weighted by Crippen LogP contribution is 2.43. The summed E-state index contributed by atoms with van der Waals surface area (Å²) in [7, 11) is 1.63. The van der Waals surface area contributed by atoms with Gasteiger partial charge in [-0.25, -0.2) is 23.9 Å². The number of β-lactam (4-membered cyclic amide) rings is 1. The number of thioether (sulfide) groups is 2. The van der Waals surface area contributed by atoms with E-state index in [1.807, 2.05) is 0 Å². The van der Waals surface area contributed by atoms with E-state index in [1.54, 1.807) is 7.05 Å². The van der Waals surface area contributed by atoms with E-state index < -0.39 is 59.0 Å². The van der Waals surface area contributed by atoms with Crippen molar-refractivity contribution in [2.45, 2.75) is 30.4 Å². The van der Waals surface area contributed by atoms with Crippen LogP contribution in [0, 0.1) is 0 Å². The summed E-state index contributed by atoms with van der Waals surface area (Å²) < 4.78 is 26.5. The van der Waals surface area contributed by atoms with Gasteiger partial charge >= 0.3 is 24.2 Å². The van der Waals surface area contributed by atoms with Crippen molar-refractivity contribution in [1.29, 1.82) is 0 Å². The number of anilines is 1. The van der Waals surface area contributed by atoms with E-state index in [9.17, 15) is 33.9 Å². The molecule has 0 spiro atoms. The molecule has 1 saturated heterocycles. The molecule has 5 rings (SSSR count). The molecule has 1 fully saturated rings. The fraction of sp³-hybridized carbons (Fsp3) is 0.321. The fourth-order valence-electron chi connectivity index (χ4n) is 4.69. The molecule has 2 atom stereocenters. The Morgan fingerprint density at radius 3 is 2.54 bits per heavy atom. The summed E-state index contributed by atoms with van der Waals surface area (Å²) in [5.41, 5.74) is 5.05. The quantitative estimate of drug-likeness (QED) is 0.0419. The number of tetrazole rings is 1. The molecule has 2 aromatic heterocycles. The Bertz CT molecular complexity index is 1980. The van der Waals surface area contributed by atoms with Gasteiger partial charge in [0, 0.05) is 18.6 Å². The van der Waals surface area contributed by atoms with Crippen LogP contribution in [0.3, 0.4) is 0 Å². The van der Waals surface area contributed by atoms with Crippen molar-refractivity contribution in [2.75, 3.05) is 30.5 Å². The number of aliphatic carboxylic acids is 1. The van der Waals surface area contributed by atoms with Crippen LogP contribution < -0.4 is 20.5 Å². The molecule has 274 valence electrons. The number of amides is 2. The van der Waals surface area contributed by atoms with E-state index in [1.165, 1.54) is 42.1 Å². The van der Waals surface area contributed by atoms with E-state index in [-0.39, 0.29) is 53.3 Å². The lowest BCUT2D eigenvalue weighted by Crippen LogP contribution is -2.70. The van der Waals surface area contributed by atoms with Crippen LogP contribution in [0.15, 0.2) is 44.4 Å². The number of ether oxygens (including phenoxy) is 4. The molecule has 2 aliphatic rings. The van der Waals surface area contributed by atoms with Gasteiger partial charge in [-0.2, -0.15) is 4.98 Å². The van der Waals surface area contributed by atoms with Crippen molar-refractivity contribution in [1.82, 2.24) is 35.4 Å². The van der Waals surface area contributed by atoms with Gasteiger partial charge in [-0.3, -0.25) is 14.5 Å². The molecule has 1 aromatic carbocycles. The minimum absolute atomic E-state index is 0.0491. The minimum atomic E-state index is -1.31. The van der Waals surface area contributed by atoms with E-state index in [0.29, 0.717) is 16.9 Å². The largest absolute Gasteiger partial charge is 0.513 e. The number of benzene rings is 1. The van der Waals surface area contributed by atoms with Gasteiger partial charge < -0.3 is 44.4 Å². The maximum absolute atomic E-state index is 13.2. The smallest absolute Gasteiger partial charge is 0.477 e. The van der Waals surface area contributed by atoms with Crippen molar-refractivity contribution in [2.24, 2.45) is 12.2 Å². The molecule has 0 unspecified atom stereocenters. The second-order valence-electron chi connectivity index (χ2n) is 10.1. The van der Waals surface area contributed by atoms with Crippen molar-refractivity contribution >= 4 is 71.8 Å². The maximum Gasteiger partial charge on any atom is 0.513 e. The van der Waals surface area contributed by atoms with Gasteiger partial charge in [0.25, 0.3) is 17.8 Å². The van der Waals surface area contributed by atoms with Gasteiger partial charge in [-0.05, 0) is 42.0 Å². The number of oxime groups is 1. The van der Waals surface area contributed by atoms with Crippen molar-refractivity contribution < 1.29 is 62.1 Å². The second-order valence-corrected chi connectivity index (χ2v) is 12.1. The number of aryl methyl sites for hydroxylation is 1. The number of rotatable bonds is 13. The van der Waals surface area contributed by atoms with Crippen LogP contribution in [0.1, 0.15) is 24.2 Å². The first-order valence-electron chi connectivity index (χ1n) is 14.8. The Balaban J connectivity index is 1.30. The molecule has 0 radical (unpaired) electrons. The van der Waals surface area contributed by atoms with E-state index >= 15 is 0 Å². The summed E-state index contributed by atoms with van der Waals surface area (Å²) in [6, 6.07) is 0.739. The monoisotopic (exact) mass is 761 g/mol. The van der Waals surface area contributed by atoms with Gasteiger partial charge in [-0.1, -0.05) is 16.9 Å². The zero-order chi connectivity index (χ0) is 37.5. The Kier molecular flexibility index (Phi) is 11.6. The molecule has 0 aliphatic carbocycles. The highest BCUT2D eigenvalue weighted by atomic mass is 32.2. The van der Waals surface area contributed by atoms with Crippen LogP contribution in [0.5, 0.6) is 11.5 Å². The lowest BCUT2D eigenvalue weighted by atomic mass is 10.0. The second kappa shape index (κ2) is 16.2. The third-order valence-electron chi connectivity index (χ3n) is 6.83. The minimum Gasteiger partial charge on any atom is -0.477 e. The number of hydrogen-bond donors (Lipinski definition) is 3. The van der Waals surface area contributed by atoms with Crippen LogP contribution >= 0.6 is 23.5 Å². The molecule has 2 amide bonds. The molecule has 0 saturated carbocycles. The Labute approximate surface area is 299 Å². The molecule has 22 nitrogen and oxygen atoms in total. The van der Waals surface area contributed by atoms with E-state index in [2.05, 4.69) is 31.0 Å². The summed E-state index contributed by atoms with van der Waals surface area (Å²) >= 11 is 2.44. The predicted molar refractivity (Wildman–Crippen MR) is 175 cm³/mol. The topological polar surface area (TPSA) is 292 Å². The maximum atomic E-state index is 13.2. The van der Waals surface area contributed by atoms with Crippen LogP contribution in [-0.2, 0) is 35.7 Å². The zero-order valence-electron chi connectivity index (χ0n) is 27.2. The number of carboxylic acid groups (broad SMARTS) is 1. The Morgan fingerprint density at radius 2 is 1.90 bits per heavy atom. The molecule has 2 aliphatic heterocycles. The molecule has 52 heavy (non-hydrogen) atoms. The SMILES string of the molecule is CCOC(=O)Oc1ccc(C(=O)ON=CC(=O)N[C@@H]2C(=O)N3C(C(=O)O)=C(CSc4nnnn4C)CS[C@@H]23)c(-c2coc(N)n2)c1OC(=O)OCC. The first-order chi connectivity index (χ1) is 24.9. The van der Waals surface area contributed by atoms with E-state index in [0.717, 1.165) is 23.3 Å². The van der Waals surface area contributed by atoms with Crippen molar-refractivity contribution in [3.05, 3.63) is 35.2 Å². The fourth-order valence-corrected chi connectivity index (χ4v) is 7.03. The Morgan fingerprint density at radius 1 is 1.17 bits per heavy atom.